The van der Waals surface area contributed by atoms with Gasteiger partial charge in [0.1, 0.15) is 6.17 Å². The predicted octanol–water partition coefficient (Wildman–Crippen LogP) is 3.31. The molecule has 82 valence electrons. The Bertz CT molecular complexity index is 499. The van der Waals surface area contributed by atoms with E-state index in [4.69, 9.17) is 4.99 Å². The molecule has 2 heterocycles. The third-order valence-corrected chi connectivity index (χ3v) is 3.53. The lowest BCUT2D eigenvalue weighted by Crippen LogP contribution is -2.33. The standard InChI is InChI=1S/C14H16N2/c1-9-8-10(2)16-13-7-5-4-6-12(13)11(3)14(16)15-9/h4-8,11,14H,1-3H3. The van der Waals surface area contributed by atoms with Crippen molar-refractivity contribution in [2.75, 3.05) is 4.90 Å². The summed E-state index contributed by atoms with van der Waals surface area (Å²) >= 11 is 0. The number of hydrogen-bond acceptors (Lipinski definition) is 2. The van der Waals surface area contributed by atoms with Crippen LogP contribution in [0.4, 0.5) is 5.69 Å². The number of fused-ring (bicyclic) bond motifs is 3. The summed E-state index contributed by atoms with van der Waals surface area (Å²) in [6.45, 7) is 6.51. The van der Waals surface area contributed by atoms with Gasteiger partial charge < -0.3 is 4.90 Å². The zero-order valence-corrected chi connectivity index (χ0v) is 9.94. The highest BCUT2D eigenvalue weighted by atomic mass is 15.3. The molecule has 0 aromatic heterocycles. The van der Waals surface area contributed by atoms with E-state index in [2.05, 4.69) is 56.0 Å². The van der Waals surface area contributed by atoms with Crippen LogP contribution in [0.5, 0.6) is 0 Å². The summed E-state index contributed by atoms with van der Waals surface area (Å²) in [5.41, 5.74) is 5.18. The van der Waals surface area contributed by atoms with Crippen LogP contribution in [0, 0.1) is 0 Å². The molecule has 0 saturated heterocycles. The van der Waals surface area contributed by atoms with Crippen LogP contribution in [0.15, 0.2) is 41.0 Å². The van der Waals surface area contributed by atoms with Crippen LogP contribution >= 0.6 is 0 Å². The van der Waals surface area contributed by atoms with Crippen molar-refractivity contribution in [1.82, 2.24) is 0 Å². The summed E-state index contributed by atoms with van der Waals surface area (Å²) in [5, 5.41) is 0. The van der Waals surface area contributed by atoms with Gasteiger partial charge >= 0.3 is 0 Å². The van der Waals surface area contributed by atoms with Gasteiger partial charge in [-0.2, -0.15) is 0 Å². The van der Waals surface area contributed by atoms with Gasteiger partial charge in [-0.1, -0.05) is 25.1 Å². The SMILES string of the molecule is CC1=CC(C)=NC2C(C)c3ccccc3N12. The van der Waals surface area contributed by atoms with Gasteiger partial charge in [-0.25, -0.2) is 0 Å². The number of hydrogen-bond donors (Lipinski definition) is 0. The summed E-state index contributed by atoms with van der Waals surface area (Å²) in [4.78, 5) is 7.11. The van der Waals surface area contributed by atoms with E-state index in [0.29, 0.717) is 5.92 Å². The fraction of sp³-hybridized carbons (Fsp3) is 0.357. The first-order chi connectivity index (χ1) is 7.68. The van der Waals surface area contributed by atoms with Crippen LogP contribution in [-0.4, -0.2) is 11.9 Å². The fourth-order valence-corrected chi connectivity index (χ4v) is 2.80. The van der Waals surface area contributed by atoms with E-state index >= 15 is 0 Å². The molecule has 0 bridgehead atoms. The van der Waals surface area contributed by atoms with Crippen LogP contribution in [0.2, 0.25) is 0 Å². The third kappa shape index (κ3) is 1.16. The maximum Gasteiger partial charge on any atom is 0.132 e. The van der Waals surface area contributed by atoms with E-state index in [1.165, 1.54) is 16.9 Å². The molecule has 16 heavy (non-hydrogen) atoms. The third-order valence-electron chi connectivity index (χ3n) is 3.53. The minimum atomic E-state index is 0.266. The van der Waals surface area contributed by atoms with E-state index in [0.717, 1.165) is 5.71 Å². The molecule has 2 nitrogen and oxygen atoms in total. The van der Waals surface area contributed by atoms with E-state index in [-0.39, 0.29) is 6.17 Å². The van der Waals surface area contributed by atoms with Gasteiger partial charge in [0.05, 0.1) is 0 Å². The number of allylic oxidation sites excluding steroid dienone is 2. The average molecular weight is 212 g/mol. The zero-order chi connectivity index (χ0) is 11.3. The summed E-state index contributed by atoms with van der Waals surface area (Å²) in [5.74, 6) is 0.481. The topological polar surface area (TPSA) is 15.6 Å². The molecule has 0 spiro atoms. The monoisotopic (exact) mass is 212 g/mol. The smallest absolute Gasteiger partial charge is 0.132 e. The summed E-state index contributed by atoms with van der Waals surface area (Å²) in [6, 6.07) is 8.63. The van der Waals surface area contributed by atoms with Gasteiger partial charge in [-0.15, -0.1) is 0 Å². The lowest BCUT2D eigenvalue weighted by Gasteiger charge is -2.30. The van der Waals surface area contributed by atoms with Crippen molar-refractivity contribution in [3.63, 3.8) is 0 Å². The lowest BCUT2D eigenvalue weighted by atomic mass is 10.0. The van der Waals surface area contributed by atoms with Gasteiger partial charge in [0.15, 0.2) is 0 Å². The Kier molecular flexibility index (Phi) is 1.93. The number of aliphatic imine (C=N–C) groups is 1. The predicted molar refractivity (Wildman–Crippen MR) is 68.0 cm³/mol. The van der Waals surface area contributed by atoms with Crippen LogP contribution in [0.25, 0.3) is 0 Å². The number of anilines is 1. The molecule has 2 heteroatoms. The highest BCUT2D eigenvalue weighted by Crippen LogP contribution is 2.44. The molecular weight excluding hydrogens is 196 g/mol. The molecule has 3 rings (SSSR count). The minimum absolute atomic E-state index is 0.266. The second kappa shape index (κ2) is 3.21. The molecule has 1 aromatic carbocycles. The normalized spacial score (nSPS) is 27.1. The van der Waals surface area contributed by atoms with E-state index in [1.807, 2.05) is 0 Å². The highest BCUT2D eigenvalue weighted by Gasteiger charge is 2.37. The Morgan fingerprint density at radius 3 is 2.75 bits per heavy atom. The maximum atomic E-state index is 4.76. The minimum Gasteiger partial charge on any atom is -0.322 e. The second-order valence-electron chi connectivity index (χ2n) is 4.69. The molecule has 0 radical (unpaired) electrons. The number of para-hydroxylation sites is 1. The first-order valence-corrected chi connectivity index (χ1v) is 5.79. The Balaban J connectivity index is 2.18. The van der Waals surface area contributed by atoms with Crippen LogP contribution < -0.4 is 4.90 Å². The quantitative estimate of drug-likeness (QED) is 0.644. The summed E-state index contributed by atoms with van der Waals surface area (Å²) < 4.78 is 0. The van der Waals surface area contributed by atoms with E-state index < -0.39 is 0 Å². The average Bonchev–Trinajstić information content (AvgIpc) is 2.54. The van der Waals surface area contributed by atoms with Crippen molar-refractivity contribution in [2.45, 2.75) is 32.9 Å². The van der Waals surface area contributed by atoms with Gasteiger partial charge in [-0.3, -0.25) is 4.99 Å². The van der Waals surface area contributed by atoms with Gasteiger partial charge in [0, 0.05) is 23.0 Å². The molecule has 2 atom stereocenters. The van der Waals surface area contributed by atoms with Crippen molar-refractivity contribution in [3.8, 4) is 0 Å². The van der Waals surface area contributed by atoms with Crippen molar-refractivity contribution in [3.05, 3.63) is 41.6 Å². The van der Waals surface area contributed by atoms with Crippen molar-refractivity contribution in [1.29, 1.82) is 0 Å². The van der Waals surface area contributed by atoms with Crippen molar-refractivity contribution < 1.29 is 0 Å². The first-order valence-electron chi connectivity index (χ1n) is 5.79. The second-order valence-corrected chi connectivity index (χ2v) is 4.69. The number of benzene rings is 1. The molecule has 0 aliphatic carbocycles. The van der Waals surface area contributed by atoms with Crippen LogP contribution in [0.1, 0.15) is 32.3 Å². The molecule has 0 N–H and O–H groups in total. The van der Waals surface area contributed by atoms with Gasteiger partial charge in [-0.05, 0) is 31.6 Å². The van der Waals surface area contributed by atoms with Crippen molar-refractivity contribution in [2.24, 2.45) is 4.99 Å². The molecule has 2 aliphatic rings. The Labute approximate surface area is 96.3 Å². The molecule has 0 fully saturated rings. The Morgan fingerprint density at radius 1 is 1.19 bits per heavy atom. The molecule has 0 saturated carbocycles. The molecular formula is C14H16N2. The fourth-order valence-electron chi connectivity index (χ4n) is 2.80. The maximum absolute atomic E-state index is 4.76. The molecule has 0 amide bonds. The summed E-state index contributed by atoms with van der Waals surface area (Å²) in [6.07, 6.45) is 2.42. The summed E-state index contributed by atoms with van der Waals surface area (Å²) in [7, 11) is 0. The van der Waals surface area contributed by atoms with E-state index in [9.17, 15) is 0 Å². The van der Waals surface area contributed by atoms with Crippen LogP contribution in [-0.2, 0) is 0 Å². The van der Waals surface area contributed by atoms with Crippen molar-refractivity contribution >= 4 is 11.4 Å². The van der Waals surface area contributed by atoms with Gasteiger partial charge in [0.2, 0.25) is 0 Å². The molecule has 2 unspecified atom stereocenters. The van der Waals surface area contributed by atoms with Gasteiger partial charge in [0.25, 0.3) is 0 Å². The Morgan fingerprint density at radius 2 is 1.94 bits per heavy atom. The molecule has 1 aromatic rings. The zero-order valence-electron chi connectivity index (χ0n) is 9.94. The van der Waals surface area contributed by atoms with Crippen LogP contribution in [0.3, 0.4) is 0 Å². The lowest BCUT2D eigenvalue weighted by molar-refractivity contribution is 0.599. The highest BCUT2D eigenvalue weighted by molar-refractivity contribution is 5.96. The van der Waals surface area contributed by atoms with E-state index in [1.54, 1.807) is 0 Å². The molecule has 2 aliphatic heterocycles. The number of rotatable bonds is 0. The number of nitrogens with zero attached hydrogens (tertiary/aromatic N) is 2. The largest absolute Gasteiger partial charge is 0.322 e. The first kappa shape index (κ1) is 9.64. The Hall–Kier alpha value is -1.57.